The average Bonchev–Trinajstić information content (AvgIpc) is 2.87. The van der Waals surface area contributed by atoms with Crippen LogP contribution >= 0.6 is 0 Å². The molecule has 1 aromatic carbocycles. The molecule has 27 heavy (non-hydrogen) atoms. The molecule has 1 atom stereocenters. The number of hydrogen-bond acceptors (Lipinski definition) is 7. The van der Waals surface area contributed by atoms with Gasteiger partial charge in [-0.25, -0.2) is 4.79 Å². The van der Waals surface area contributed by atoms with Crippen LogP contribution in [0.3, 0.4) is 0 Å². The van der Waals surface area contributed by atoms with Gasteiger partial charge in [0, 0.05) is 18.7 Å². The fourth-order valence-electron chi connectivity index (χ4n) is 3.13. The maximum Gasteiger partial charge on any atom is 0.404 e. The third kappa shape index (κ3) is 3.59. The molecule has 10 heteroatoms. The lowest BCUT2D eigenvalue weighted by atomic mass is 10.0. The van der Waals surface area contributed by atoms with Crippen LogP contribution < -0.4 is 16.4 Å². The number of nitrogens with one attached hydrogen (secondary N) is 2. The first-order chi connectivity index (χ1) is 12.9. The van der Waals surface area contributed by atoms with Gasteiger partial charge < -0.3 is 15.8 Å². The number of nitrogens with zero attached hydrogens (tertiary/aromatic N) is 1. The summed E-state index contributed by atoms with van der Waals surface area (Å²) in [5, 5.41) is 5.18. The van der Waals surface area contributed by atoms with Crippen LogP contribution in [0.15, 0.2) is 18.2 Å². The van der Waals surface area contributed by atoms with Crippen molar-refractivity contribution in [2.45, 2.75) is 25.3 Å². The summed E-state index contributed by atoms with van der Waals surface area (Å²) < 4.78 is 4.63. The van der Waals surface area contributed by atoms with E-state index in [1.807, 2.05) is 0 Å². The molecule has 1 aromatic rings. The summed E-state index contributed by atoms with van der Waals surface area (Å²) in [4.78, 5) is 60.4. The Morgan fingerprint density at radius 3 is 2.74 bits per heavy atom. The highest BCUT2D eigenvalue weighted by atomic mass is 16.5. The minimum absolute atomic E-state index is 0.0643. The molecule has 0 radical (unpaired) electrons. The second kappa shape index (κ2) is 7.44. The van der Waals surface area contributed by atoms with Crippen LogP contribution in [0.5, 0.6) is 0 Å². The van der Waals surface area contributed by atoms with Crippen LogP contribution in [-0.2, 0) is 14.3 Å². The highest BCUT2D eigenvalue weighted by molar-refractivity contribution is 6.25. The second-order valence-corrected chi connectivity index (χ2v) is 6.12. The zero-order valence-corrected chi connectivity index (χ0v) is 14.3. The van der Waals surface area contributed by atoms with Crippen molar-refractivity contribution in [3.05, 3.63) is 29.3 Å². The molecule has 0 aliphatic carbocycles. The Morgan fingerprint density at radius 2 is 2.04 bits per heavy atom. The zero-order chi connectivity index (χ0) is 19.6. The van der Waals surface area contributed by atoms with Gasteiger partial charge in [-0.05, 0) is 25.0 Å². The average molecular weight is 374 g/mol. The largest absolute Gasteiger partial charge is 0.450 e. The van der Waals surface area contributed by atoms with Crippen LogP contribution in [0.4, 0.5) is 10.5 Å². The number of hydrogen-bond donors (Lipinski definition) is 3. The van der Waals surface area contributed by atoms with Crippen molar-refractivity contribution in [2.24, 2.45) is 5.73 Å². The molecule has 3 rings (SSSR count). The van der Waals surface area contributed by atoms with Crippen molar-refractivity contribution in [3.8, 4) is 0 Å². The Hall–Kier alpha value is -3.43. The van der Waals surface area contributed by atoms with Gasteiger partial charge in [0.25, 0.3) is 11.8 Å². The Labute approximate surface area is 154 Å². The third-order valence-electron chi connectivity index (χ3n) is 4.35. The lowest BCUT2D eigenvalue weighted by molar-refractivity contribution is -0.136. The lowest BCUT2D eigenvalue weighted by Crippen LogP contribution is -2.54. The van der Waals surface area contributed by atoms with Crippen molar-refractivity contribution in [1.29, 1.82) is 0 Å². The number of benzene rings is 1. The molecule has 4 N–H and O–H groups in total. The molecule has 1 saturated heterocycles. The van der Waals surface area contributed by atoms with Crippen molar-refractivity contribution in [1.82, 2.24) is 10.2 Å². The summed E-state index contributed by atoms with van der Waals surface area (Å²) >= 11 is 0. The van der Waals surface area contributed by atoms with Gasteiger partial charge in [0.2, 0.25) is 11.8 Å². The summed E-state index contributed by atoms with van der Waals surface area (Å²) in [5.41, 5.74) is 5.70. The molecule has 142 valence electrons. The molecule has 0 saturated carbocycles. The minimum atomic E-state index is -1.01. The minimum Gasteiger partial charge on any atom is -0.450 e. The van der Waals surface area contributed by atoms with Crippen molar-refractivity contribution >= 4 is 35.4 Å². The summed E-state index contributed by atoms with van der Waals surface area (Å²) in [6, 6.07) is 3.78. The highest BCUT2D eigenvalue weighted by Gasteiger charge is 2.45. The first-order valence-electron chi connectivity index (χ1n) is 8.41. The van der Waals surface area contributed by atoms with Crippen LogP contribution in [0.2, 0.25) is 0 Å². The number of carbonyl (C=O) groups is 5. The van der Waals surface area contributed by atoms with E-state index in [0.29, 0.717) is 18.7 Å². The molecule has 2 aliphatic rings. The van der Waals surface area contributed by atoms with E-state index in [9.17, 15) is 24.0 Å². The SMILES string of the molecule is NC(=O)OCCCNc1cccc2c1C(=O)N(C1CCC(=O)NC1=O)C2=O. The van der Waals surface area contributed by atoms with Gasteiger partial charge in [0.05, 0.1) is 17.7 Å². The lowest BCUT2D eigenvalue weighted by Gasteiger charge is -2.27. The van der Waals surface area contributed by atoms with Crippen molar-refractivity contribution in [3.63, 3.8) is 0 Å². The van der Waals surface area contributed by atoms with Crippen molar-refractivity contribution in [2.75, 3.05) is 18.5 Å². The number of piperidine rings is 1. The summed E-state index contributed by atoms with van der Waals surface area (Å²) in [6.07, 6.45) is -0.250. The molecule has 2 heterocycles. The van der Waals surface area contributed by atoms with Crippen LogP contribution in [0, 0.1) is 0 Å². The molecule has 0 spiro atoms. The molecule has 10 nitrogen and oxygen atoms in total. The van der Waals surface area contributed by atoms with Gasteiger partial charge in [-0.1, -0.05) is 6.07 Å². The van der Waals surface area contributed by atoms with E-state index >= 15 is 0 Å². The molecular weight excluding hydrogens is 356 g/mol. The summed E-state index contributed by atoms with van der Waals surface area (Å²) in [6.45, 7) is 0.496. The van der Waals surface area contributed by atoms with E-state index in [0.717, 1.165) is 4.90 Å². The highest BCUT2D eigenvalue weighted by Crippen LogP contribution is 2.32. The predicted molar refractivity (Wildman–Crippen MR) is 91.8 cm³/mol. The van der Waals surface area contributed by atoms with Crippen molar-refractivity contribution < 1.29 is 28.7 Å². The zero-order valence-electron chi connectivity index (χ0n) is 14.3. The number of ether oxygens (including phenoxy) is 1. The maximum absolute atomic E-state index is 12.8. The Bertz CT molecular complexity index is 837. The van der Waals surface area contributed by atoms with E-state index in [2.05, 4.69) is 15.4 Å². The Balaban J connectivity index is 1.75. The van der Waals surface area contributed by atoms with Gasteiger partial charge in [-0.2, -0.15) is 0 Å². The van der Waals surface area contributed by atoms with Gasteiger partial charge in [0.15, 0.2) is 0 Å². The van der Waals surface area contributed by atoms with E-state index in [1.54, 1.807) is 12.1 Å². The number of carbonyl (C=O) groups excluding carboxylic acids is 5. The number of anilines is 1. The first kappa shape index (κ1) is 18.4. The number of imide groups is 2. The van der Waals surface area contributed by atoms with Crippen LogP contribution in [0.25, 0.3) is 0 Å². The summed E-state index contributed by atoms with van der Waals surface area (Å²) in [7, 11) is 0. The standard InChI is InChI=1S/C17H18N4O6/c18-17(26)27-8-2-7-19-10-4-1-3-9-13(10)16(25)21(15(9)24)11-5-6-12(22)20-14(11)23/h1,3-4,11,19H,2,5-8H2,(H2,18,26)(H,20,22,23). The molecule has 2 aliphatic heterocycles. The number of rotatable bonds is 6. The van der Waals surface area contributed by atoms with E-state index in [-0.39, 0.29) is 30.6 Å². The maximum atomic E-state index is 12.8. The van der Waals surface area contributed by atoms with E-state index in [4.69, 9.17) is 5.73 Å². The molecule has 1 unspecified atom stereocenters. The number of amides is 5. The van der Waals surface area contributed by atoms with Gasteiger partial charge >= 0.3 is 6.09 Å². The molecule has 5 amide bonds. The molecule has 0 bridgehead atoms. The van der Waals surface area contributed by atoms with Gasteiger partial charge in [-0.15, -0.1) is 0 Å². The number of primary amides is 1. The van der Waals surface area contributed by atoms with Crippen LogP contribution in [0.1, 0.15) is 40.0 Å². The molecule has 0 aromatic heterocycles. The van der Waals surface area contributed by atoms with Crippen LogP contribution in [-0.4, -0.2) is 53.8 Å². The Kier molecular flexibility index (Phi) is 5.06. The quantitative estimate of drug-likeness (QED) is 0.468. The third-order valence-corrected chi connectivity index (χ3v) is 4.35. The summed E-state index contributed by atoms with van der Waals surface area (Å²) in [5.74, 6) is -2.22. The predicted octanol–water partition coefficient (Wildman–Crippen LogP) is -0.0149. The topological polar surface area (TPSA) is 148 Å². The van der Waals surface area contributed by atoms with E-state index < -0.39 is 35.8 Å². The molecular formula is C17H18N4O6. The second-order valence-electron chi connectivity index (χ2n) is 6.12. The number of fused-ring (bicyclic) bond motifs is 1. The normalized spacial score (nSPS) is 19.0. The van der Waals surface area contributed by atoms with Gasteiger partial charge in [-0.3, -0.25) is 29.4 Å². The van der Waals surface area contributed by atoms with E-state index in [1.165, 1.54) is 6.07 Å². The fourth-order valence-corrected chi connectivity index (χ4v) is 3.13. The smallest absolute Gasteiger partial charge is 0.404 e. The number of nitrogens with two attached hydrogens (primary N) is 1. The van der Waals surface area contributed by atoms with Gasteiger partial charge in [0.1, 0.15) is 6.04 Å². The Morgan fingerprint density at radius 1 is 1.26 bits per heavy atom. The first-order valence-corrected chi connectivity index (χ1v) is 8.41. The fraction of sp³-hybridized carbons (Fsp3) is 0.353. The monoisotopic (exact) mass is 374 g/mol. The molecule has 1 fully saturated rings.